The van der Waals surface area contributed by atoms with Gasteiger partial charge >= 0.3 is 0 Å². The largest absolute Gasteiger partial charge is 0.312 e. The van der Waals surface area contributed by atoms with Crippen LogP contribution in [0.15, 0.2) is 71.9 Å². The van der Waals surface area contributed by atoms with Crippen LogP contribution in [0.25, 0.3) is 0 Å². The molecule has 33 heavy (non-hydrogen) atoms. The first kappa shape index (κ1) is 24.7. The summed E-state index contributed by atoms with van der Waals surface area (Å²) in [6, 6.07) is 16.0. The summed E-state index contributed by atoms with van der Waals surface area (Å²) in [6.45, 7) is 5.61. The summed E-state index contributed by atoms with van der Waals surface area (Å²) in [5.74, 6) is -0.485. The van der Waals surface area contributed by atoms with E-state index in [4.69, 9.17) is 4.18 Å². The van der Waals surface area contributed by atoms with Gasteiger partial charge in [0.25, 0.3) is 10.1 Å². The summed E-state index contributed by atoms with van der Waals surface area (Å²) in [7, 11) is -3.77. The Balaban J connectivity index is 1.50. The lowest BCUT2D eigenvalue weighted by molar-refractivity contribution is -0.146. The van der Waals surface area contributed by atoms with E-state index in [1.54, 1.807) is 12.1 Å². The van der Waals surface area contributed by atoms with Gasteiger partial charge in [0.1, 0.15) is 11.2 Å². The third-order valence-electron chi connectivity index (χ3n) is 5.79. The molecule has 3 rings (SSSR count). The average Bonchev–Trinajstić information content (AvgIpc) is 2.77. The van der Waals surface area contributed by atoms with Crippen molar-refractivity contribution in [2.24, 2.45) is 5.41 Å². The Morgan fingerprint density at radius 2 is 1.48 bits per heavy atom. The fraction of sp³-hybridized carbons (Fsp3) is 0.360. The third kappa shape index (κ3) is 6.30. The molecule has 0 saturated carbocycles. The van der Waals surface area contributed by atoms with Crippen molar-refractivity contribution in [1.82, 2.24) is 10.6 Å². The molecule has 0 atom stereocenters. The van der Waals surface area contributed by atoms with E-state index in [1.807, 2.05) is 37.3 Å². The Hall–Kier alpha value is -2.97. The number of carbonyl (C=O) groups excluding carboxylic acids is 2. The topological polar surface area (TPSA) is 102 Å². The molecule has 0 aromatic heterocycles. The summed E-state index contributed by atoms with van der Waals surface area (Å²) in [4.78, 5) is 25.9. The second-order valence-electron chi connectivity index (χ2n) is 8.38. The maximum atomic E-state index is 12.9. The molecule has 0 unspecified atom stereocenters. The zero-order valence-electron chi connectivity index (χ0n) is 18.8. The van der Waals surface area contributed by atoms with Crippen LogP contribution in [0.5, 0.6) is 0 Å². The highest BCUT2D eigenvalue weighted by molar-refractivity contribution is 7.86. The molecule has 176 valence electrons. The molecule has 8 heteroatoms. The first-order chi connectivity index (χ1) is 15.7. The molecule has 2 aromatic carbocycles. The van der Waals surface area contributed by atoms with E-state index in [-0.39, 0.29) is 29.1 Å². The fourth-order valence-electron chi connectivity index (χ4n) is 3.89. The van der Waals surface area contributed by atoms with Crippen molar-refractivity contribution in [3.8, 4) is 0 Å². The van der Waals surface area contributed by atoms with Gasteiger partial charge < -0.3 is 10.6 Å². The highest BCUT2D eigenvalue weighted by Crippen LogP contribution is 2.33. The van der Waals surface area contributed by atoms with Gasteiger partial charge in [-0.3, -0.25) is 13.8 Å². The van der Waals surface area contributed by atoms with Crippen molar-refractivity contribution in [3.63, 3.8) is 0 Å². The van der Waals surface area contributed by atoms with E-state index < -0.39 is 15.5 Å². The summed E-state index contributed by atoms with van der Waals surface area (Å²) < 4.78 is 29.6. The lowest BCUT2D eigenvalue weighted by atomic mass is 9.74. The Labute approximate surface area is 195 Å². The third-order valence-corrected chi connectivity index (χ3v) is 7.12. The summed E-state index contributed by atoms with van der Waals surface area (Å²) >= 11 is 0. The van der Waals surface area contributed by atoms with Crippen LogP contribution in [0.2, 0.25) is 0 Å². The average molecular weight is 471 g/mol. The maximum absolute atomic E-state index is 12.9. The van der Waals surface area contributed by atoms with Crippen molar-refractivity contribution in [2.45, 2.75) is 50.3 Å². The van der Waals surface area contributed by atoms with Crippen molar-refractivity contribution in [3.05, 3.63) is 78.1 Å². The molecule has 1 heterocycles. The van der Waals surface area contributed by atoms with Crippen molar-refractivity contribution < 1.29 is 22.2 Å². The number of nitrogens with one attached hydrogen (secondary N) is 2. The monoisotopic (exact) mass is 470 g/mol. The molecule has 1 fully saturated rings. The summed E-state index contributed by atoms with van der Waals surface area (Å²) in [6.07, 6.45) is 3.36. The van der Waals surface area contributed by atoms with Gasteiger partial charge in [-0.05, 0) is 43.9 Å². The van der Waals surface area contributed by atoms with E-state index >= 15 is 0 Å². The quantitative estimate of drug-likeness (QED) is 0.297. The molecule has 1 aliphatic heterocycles. The molecule has 2 aromatic rings. The SMILES string of the molecule is C=C1NC(=O)C(CCCCCCOS(=O)(=O)c2ccc(C)cc2)(Cc2ccccc2)C(=O)N1. The zero-order valence-corrected chi connectivity index (χ0v) is 19.6. The molecule has 2 N–H and O–H groups in total. The fourth-order valence-corrected chi connectivity index (χ4v) is 4.83. The molecule has 2 amide bonds. The van der Waals surface area contributed by atoms with E-state index in [2.05, 4.69) is 17.2 Å². The van der Waals surface area contributed by atoms with E-state index in [9.17, 15) is 18.0 Å². The van der Waals surface area contributed by atoms with Gasteiger partial charge in [-0.25, -0.2) is 0 Å². The number of aryl methyl sites for hydroxylation is 1. The predicted octanol–water partition coefficient (Wildman–Crippen LogP) is 3.60. The van der Waals surface area contributed by atoms with Gasteiger partial charge in [0.15, 0.2) is 0 Å². The summed E-state index contributed by atoms with van der Waals surface area (Å²) in [5.41, 5.74) is 0.682. The molecule has 1 saturated heterocycles. The highest BCUT2D eigenvalue weighted by atomic mass is 32.2. The van der Waals surface area contributed by atoms with Crippen molar-refractivity contribution >= 4 is 21.9 Å². The van der Waals surface area contributed by atoms with Crippen LogP contribution in [-0.4, -0.2) is 26.8 Å². The van der Waals surface area contributed by atoms with Gasteiger partial charge in [-0.1, -0.05) is 73.9 Å². The van der Waals surface area contributed by atoms with E-state index in [0.717, 1.165) is 24.0 Å². The van der Waals surface area contributed by atoms with Crippen LogP contribution in [0.3, 0.4) is 0 Å². The smallest absolute Gasteiger partial charge is 0.296 e. The van der Waals surface area contributed by atoms with Crippen LogP contribution >= 0.6 is 0 Å². The van der Waals surface area contributed by atoms with Gasteiger partial charge in [0, 0.05) is 0 Å². The van der Waals surface area contributed by atoms with E-state index in [0.29, 0.717) is 25.7 Å². The second-order valence-corrected chi connectivity index (χ2v) is 10.0. The minimum absolute atomic E-state index is 0.0894. The molecule has 0 aliphatic carbocycles. The number of rotatable bonds is 11. The predicted molar refractivity (Wildman–Crippen MR) is 125 cm³/mol. The molecule has 0 radical (unpaired) electrons. The molecule has 0 spiro atoms. The normalized spacial score (nSPS) is 15.7. The summed E-state index contributed by atoms with van der Waals surface area (Å²) in [5, 5.41) is 5.33. The molecule has 1 aliphatic rings. The number of unbranched alkanes of at least 4 members (excludes halogenated alkanes) is 3. The highest BCUT2D eigenvalue weighted by Gasteiger charge is 2.48. The lowest BCUT2D eigenvalue weighted by Gasteiger charge is -2.36. The molecular formula is C25H30N2O5S. The lowest BCUT2D eigenvalue weighted by Crippen LogP contribution is -2.59. The van der Waals surface area contributed by atoms with Crippen LogP contribution < -0.4 is 10.6 Å². The van der Waals surface area contributed by atoms with Gasteiger partial charge in [0.05, 0.1) is 11.5 Å². The molecule has 0 bridgehead atoms. The maximum Gasteiger partial charge on any atom is 0.296 e. The van der Waals surface area contributed by atoms with Gasteiger partial charge in [-0.2, -0.15) is 8.42 Å². The zero-order chi connectivity index (χ0) is 23.9. The number of amides is 2. The minimum Gasteiger partial charge on any atom is -0.312 e. The standard InChI is InChI=1S/C25H30N2O5S/c1-19-12-14-22(15-13-19)33(30,31)32-17-9-4-3-8-16-25(18-21-10-6-5-7-11-21)23(28)26-20(2)27-24(25)29/h5-7,10-15H,2-4,8-9,16-18H2,1H3,(H,26,28)(H,27,29). The number of hydrogen-bond acceptors (Lipinski definition) is 5. The van der Waals surface area contributed by atoms with Crippen molar-refractivity contribution in [2.75, 3.05) is 6.61 Å². The van der Waals surface area contributed by atoms with E-state index in [1.165, 1.54) is 12.1 Å². The van der Waals surface area contributed by atoms with Crippen molar-refractivity contribution in [1.29, 1.82) is 0 Å². The Morgan fingerprint density at radius 3 is 2.12 bits per heavy atom. The Kier molecular flexibility index (Phi) is 8.05. The van der Waals surface area contributed by atoms with Crippen LogP contribution in [0.1, 0.15) is 43.2 Å². The first-order valence-corrected chi connectivity index (χ1v) is 12.5. The Bertz CT molecular complexity index is 1080. The number of hydrogen-bond donors (Lipinski definition) is 2. The minimum atomic E-state index is -3.77. The Morgan fingerprint density at radius 1 is 0.879 bits per heavy atom. The van der Waals surface area contributed by atoms with Gasteiger partial charge in [0.2, 0.25) is 11.8 Å². The molecular weight excluding hydrogens is 440 g/mol. The van der Waals surface area contributed by atoms with Crippen LogP contribution in [-0.2, 0) is 30.3 Å². The van der Waals surface area contributed by atoms with Gasteiger partial charge in [-0.15, -0.1) is 0 Å². The van der Waals surface area contributed by atoms with Crippen LogP contribution in [0, 0.1) is 12.3 Å². The number of benzene rings is 2. The first-order valence-electron chi connectivity index (χ1n) is 11.0. The number of carbonyl (C=O) groups is 2. The van der Waals surface area contributed by atoms with Crippen LogP contribution in [0.4, 0.5) is 0 Å². The second kappa shape index (κ2) is 10.8. The molecule has 7 nitrogen and oxygen atoms in total.